The van der Waals surface area contributed by atoms with Gasteiger partial charge in [-0.3, -0.25) is 14.6 Å². The Morgan fingerprint density at radius 3 is 2.85 bits per heavy atom. The average molecular weight is 465 g/mol. The second-order valence-electron chi connectivity index (χ2n) is 7.29. The molecular weight excluding hydrogens is 444 g/mol. The van der Waals surface area contributed by atoms with E-state index < -0.39 is 11.8 Å². The van der Waals surface area contributed by atoms with E-state index in [0.717, 1.165) is 5.56 Å². The van der Waals surface area contributed by atoms with Crippen molar-refractivity contribution in [1.82, 2.24) is 10.4 Å². The predicted octanol–water partition coefficient (Wildman–Crippen LogP) is 3.48. The molecule has 9 nitrogen and oxygen atoms in total. The Balaban J connectivity index is 1.38. The Labute approximate surface area is 195 Å². The fourth-order valence-corrected chi connectivity index (χ4v) is 3.63. The standard InChI is InChI=1S/C23H21ClN6O3/c1-33-21-10-9-15(11-16(21)14-30-20-8-3-2-7-19(20)27-29-30)13-25-28-23(32)22(31)26-18-6-4-5-17(24)12-18/h2-13,19-20H,14H2,1H3,(H,26,31)(H,28,32). The van der Waals surface area contributed by atoms with Gasteiger partial charge in [0.2, 0.25) is 0 Å². The van der Waals surface area contributed by atoms with Crippen molar-refractivity contribution in [3.8, 4) is 5.75 Å². The molecule has 4 rings (SSSR count). The van der Waals surface area contributed by atoms with Gasteiger partial charge in [-0.2, -0.15) is 10.2 Å². The van der Waals surface area contributed by atoms with Gasteiger partial charge in [0.25, 0.3) is 0 Å². The Morgan fingerprint density at radius 2 is 2.03 bits per heavy atom. The number of halogens is 1. The highest BCUT2D eigenvalue weighted by atomic mass is 35.5. The molecule has 2 aromatic carbocycles. The lowest BCUT2D eigenvalue weighted by molar-refractivity contribution is -0.136. The first-order valence-corrected chi connectivity index (χ1v) is 10.5. The second-order valence-corrected chi connectivity index (χ2v) is 7.72. The molecule has 2 aromatic rings. The third kappa shape index (κ3) is 5.45. The van der Waals surface area contributed by atoms with Gasteiger partial charge in [0, 0.05) is 16.3 Å². The summed E-state index contributed by atoms with van der Waals surface area (Å²) in [5.74, 6) is -1.06. The summed E-state index contributed by atoms with van der Waals surface area (Å²) in [6, 6.07) is 12.1. The Morgan fingerprint density at radius 1 is 1.18 bits per heavy atom. The highest BCUT2D eigenvalue weighted by Crippen LogP contribution is 2.28. The lowest BCUT2D eigenvalue weighted by Gasteiger charge is -2.24. The van der Waals surface area contributed by atoms with Gasteiger partial charge in [-0.25, -0.2) is 5.43 Å². The molecule has 1 aliphatic carbocycles. The van der Waals surface area contributed by atoms with Crippen LogP contribution in [0.2, 0.25) is 5.02 Å². The number of rotatable bonds is 6. The van der Waals surface area contributed by atoms with Crippen LogP contribution in [0.4, 0.5) is 5.69 Å². The minimum absolute atomic E-state index is 0.0130. The van der Waals surface area contributed by atoms with Crippen molar-refractivity contribution < 1.29 is 14.3 Å². The molecule has 0 spiro atoms. The Bertz CT molecular complexity index is 1180. The van der Waals surface area contributed by atoms with Crippen LogP contribution in [0.5, 0.6) is 5.75 Å². The molecule has 33 heavy (non-hydrogen) atoms. The number of amides is 2. The van der Waals surface area contributed by atoms with E-state index in [4.69, 9.17) is 16.3 Å². The number of nitrogens with zero attached hydrogens (tertiary/aromatic N) is 4. The number of methoxy groups -OCH3 is 1. The summed E-state index contributed by atoms with van der Waals surface area (Å²) in [5.41, 5.74) is 4.23. The summed E-state index contributed by atoms with van der Waals surface area (Å²) in [6.07, 6.45) is 9.47. The van der Waals surface area contributed by atoms with Crippen LogP contribution in [0.25, 0.3) is 0 Å². The van der Waals surface area contributed by atoms with E-state index in [1.807, 2.05) is 35.4 Å². The fourth-order valence-electron chi connectivity index (χ4n) is 3.44. The van der Waals surface area contributed by atoms with Crippen LogP contribution in [0.1, 0.15) is 11.1 Å². The summed E-state index contributed by atoms with van der Waals surface area (Å²) in [6.45, 7) is 0.488. The van der Waals surface area contributed by atoms with E-state index in [-0.39, 0.29) is 12.1 Å². The van der Waals surface area contributed by atoms with Crippen molar-refractivity contribution in [2.75, 3.05) is 12.4 Å². The summed E-state index contributed by atoms with van der Waals surface area (Å²) in [7, 11) is 1.60. The topological polar surface area (TPSA) is 108 Å². The largest absolute Gasteiger partial charge is 0.496 e. The molecule has 0 fully saturated rings. The average Bonchev–Trinajstić information content (AvgIpc) is 3.22. The first-order valence-electron chi connectivity index (χ1n) is 10.1. The molecule has 168 valence electrons. The molecule has 2 atom stereocenters. The quantitative estimate of drug-likeness (QED) is 0.387. The summed E-state index contributed by atoms with van der Waals surface area (Å²) in [4.78, 5) is 24.0. The molecule has 10 heteroatoms. The normalized spacial score (nSPS) is 18.4. The SMILES string of the molecule is COc1ccc(C=NNC(=O)C(=O)Nc2cccc(Cl)c2)cc1CN1N=NC2C=CC=CC21. The number of hydrogen-bond donors (Lipinski definition) is 2. The molecule has 2 unspecified atom stereocenters. The van der Waals surface area contributed by atoms with Crippen LogP contribution < -0.4 is 15.5 Å². The van der Waals surface area contributed by atoms with Crippen LogP contribution in [0.3, 0.4) is 0 Å². The fraction of sp³-hybridized carbons (Fsp3) is 0.174. The van der Waals surface area contributed by atoms with Crippen LogP contribution in [0.15, 0.2) is 82.2 Å². The van der Waals surface area contributed by atoms with Gasteiger partial charge < -0.3 is 10.1 Å². The minimum atomic E-state index is -0.902. The van der Waals surface area contributed by atoms with Gasteiger partial charge >= 0.3 is 11.8 Å². The third-order valence-electron chi connectivity index (χ3n) is 5.03. The lowest BCUT2D eigenvalue weighted by atomic mass is 10.0. The molecule has 2 aliphatic rings. The zero-order valence-electron chi connectivity index (χ0n) is 17.7. The van der Waals surface area contributed by atoms with Crippen molar-refractivity contribution in [3.63, 3.8) is 0 Å². The maximum atomic E-state index is 12.0. The molecule has 0 aromatic heterocycles. The molecule has 0 saturated carbocycles. The molecule has 0 bridgehead atoms. The van der Waals surface area contributed by atoms with E-state index >= 15 is 0 Å². The van der Waals surface area contributed by atoms with Crippen LogP contribution in [-0.2, 0) is 16.1 Å². The van der Waals surface area contributed by atoms with Gasteiger partial charge in [-0.05, 0) is 42.0 Å². The molecule has 0 saturated heterocycles. The zero-order valence-corrected chi connectivity index (χ0v) is 18.4. The van der Waals surface area contributed by atoms with E-state index in [2.05, 4.69) is 32.3 Å². The summed E-state index contributed by atoms with van der Waals surface area (Å²) < 4.78 is 5.48. The van der Waals surface area contributed by atoms with Crippen molar-refractivity contribution in [2.45, 2.75) is 18.6 Å². The number of carbonyl (C=O) groups is 2. The number of hydrazone groups is 1. The van der Waals surface area contributed by atoms with E-state index in [1.54, 1.807) is 31.4 Å². The number of carbonyl (C=O) groups excluding carboxylic acids is 2. The Hall–Kier alpha value is -3.98. The number of ether oxygens (including phenoxy) is 1. The molecule has 2 N–H and O–H groups in total. The van der Waals surface area contributed by atoms with Gasteiger partial charge in [0.1, 0.15) is 11.8 Å². The van der Waals surface area contributed by atoms with E-state index in [9.17, 15) is 9.59 Å². The summed E-state index contributed by atoms with van der Waals surface area (Å²) >= 11 is 5.88. The van der Waals surface area contributed by atoms with Crippen molar-refractivity contribution in [1.29, 1.82) is 0 Å². The maximum Gasteiger partial charge on any atom is 0.329 e. The third-order valence-corrected chi connectivity index (χ3v) is 5.26. The van der Waals surface area contributed by atoms with E-state index in [1.165, 1.54) is 12.3 Å². The molecule has 2 amide bonds. The number of benzene rings is 2. The molecule has 0 radical (unpaired) electrons. The van der Waals surface area contributed by atoms with Gasteiger partial charge in [-0.1, -0.05) is 47.2 Å². The van der Waals surface area contributed by atoms with Crippen molar-refractivity contribution in [3.05, 3.63) is 82.9 Å². The van der Waals surface area contributed by atoms with Gasteiger partial charge in [0.15, 0.2) is 0 Å². The number of allylic oxidation sites excluding steroid dienone is 2. The smallest absolute Gasteiger partial charge is 0.329 e. The van der Waals surface area contributed by atoms with Crippen LogP contribution in [-0.4, -0.2) is 42.2 Å². The van der Waals surface area contributed by atoms with Crippen molar-refractivity contribution >= 4 is 35.3 Å². The maximum absolute atomic E-state index is 12.0. The number of anilines is 1. The number of nitrogens with one attached hydrogen (secondary N) is 2. The van der Waals surface area contributed by atoms with Crippen LogP contribution in [0, 0.1) is 0 Å². The molecule has 1 heterocycles. The van der Waals surface area contributed by atoms with Crippen molar-refractivity contribution in [2.24, 2.45) is 15.4 Å². The second kappa shape index (κ2) is 10.1. The van der Waals surface area contributed by atoms with E-state index in [0.29, 0.717) is 28.6 Å². The first-order chi connectivity index (χ1) is 16.0. The first kappa shape index (κ1) is 22.2. The number of fused-ring (bicyclic) bond motifs is 1. The van der Waals surface area contributed by atoms with Gasteiger partial charge in [0.05, 0.1) is 25.9 Å². The zero-order chi connectivity index (χ0) is 23.2. The predicted molar refractivity (Wildman–Crippen MR) is 125 cm³/mol. The van der Waals surface area contributed by atoms with Crippen LogP contribution >= 0.6 is 11.6 Å². The lowest BCUT2D eigenvalue weighted by Crippen LogP contribution is -2.32. The minimum Gasteiger partial charge on any atom is -0.496 e. The highest BCUT2D eigenvalue weighted by molar-refractivity contribution is 6.39. The Kier molecular flexibility index (Phi) is 6.80. The van der Waals surface area contributed by atoms with Gasteiger partial charge in [-0.15, -0.1) is 0 Å². The monoisotopic (exact) mass is 464 g/mol. The summed E-state index contributed by atoms with van der Waals surface area (Å²) in [5, 5.41) is 17.3. The highest BCUT2D eigenvalue weighted by Gasteiger charge is 2.30. The number of hydrogen-bond acceptors (Lipinski definition) is 7. The molecule has 1 aliphatic heterocycles. The molecular formula is C23H21ClN6O3.